The zero-order valence-corrected chi connectivity index (χ0v) is 12.3. The standard InChI is InChI=1S/C15H21F2N3O/c1-10(21)2-3-11-4-6-15(16,17)14-12-8-18-7-5-13(12)19-20(14)9-11/h11,18H,2-9H2,1H3. The number of hydrogen-bond acceptors (Lipinski definition) is 3. The van der Waals surface area contributed by atoms with Crippen LogP contribution in [0.5, 0.6) is 0 Å². The van der Waals surface area contributed by atoms with Crippen molar-refractivity contribution in [2.24, 2.45) is 5.92 Å². The minimum Gasteiger partial charge on any atom is -0.312 e. The maximum Gasteiger partial charge on any atom is 0.289 e. The molecule has 0 aromatic carbocycles. The van der Waals surface area contributed by atoms with Crippen molar-refractivity contribution in [2.45, 2.75) is 58.0 Å². The minimum atomic E-state index is -2.81. The fraction of sp³-hybridized carbons (Fsp3) is 0.733. The summed E-state index contributed by atoms with van der Waals surface area (Å²) in [6, 6.07) is 0. The lowest BCUT2D eigenvalue weighted by Gasteiger charge is -2.18. The predicted octanol–water partition coefficient (Wildman–Crippen LogP) is 2.40. The Morgan fingerprint density at radius 2 is 2.33 bits per heavy atom. The molecule has 0 saturated carbocycles. The van der Waals surface area contributed by atoms with Crippen LogP contribution in [0.25, 0.3) is 0 Å². The van der Waals surface area contributed by atoms with Gasteiger partial charge in [-0.25, -0.2) is 0 Å². The number of carbonyl (C=O) groups excluding carboxylic acids is 1. The van der Waals surface area contributed by atoms with Crippen molar-refractivity contribution in [1.82, 2.24) is 15.1 Å². The van der Waals surface area contributed by atoms with Crippen molar-refractivity contribution in [3.8, 4) is 0 Å². The molecule has 0 spiro atoms. The second-order valence-corrected chi connectivity index (χ2v) is 6.23. The Hall–Kier alpha value is -1.30. The summed E-state index contributed by atoms with van der Waals surface area (Å²) < 4.78 is 30.5. The Labute approximate surface area is 122 Å². The van der Waals surface area contributed by atoms with Crippen LogP contribution in [0.15, 0.2) is 0 Å². The molecule has 3 rings (SSSR count). The number of carbonyl (C=O) groups is 1. The highest BCUT2D eigenvalue weighted by molar-refractivity contribution is 5.75. The van der Waals surface area contributed by atoms with E-state index in [-0.39, 0.29) is 23.8 Å². The number of alkyl halides is 2. The fourth-order valence-corrected chi connectivity index (χ4v) is 3.38. The molecule has 0 saturated heterocycles. The second kappa shape index (κ2) is 5.48. The lowest BCUT2D eigenvalue weighted by molar-refractivity contribution is -0.117. The van der Waals surface area contributed by atoms with E-state index in [0.29, 0.717) is 44.3 Å². The van der Waals surface area contributed by atoms with Gasteiger partial charge in [0, 0.05) is 44.5 Å². The molecule has 1 aromatic rings. The van der Waals surface area contributed by atoms with E-state index in [2.05, 4.69) is 10.4 Å². The number of ketones is 1. The highest BCUT2D eigenvalue weighted by Gasteiger charge is 2.42. The third kappa shape index (κ3) is 2.86. The average molecular weight is 297 g/mol. The third-order valence-corrected chi connectivity index (χ3v) is 4.52. The van der Waals surface area contributed by atoms with Gasteiger partial charge in [0.25, 0.3) is 5.92 Å². The molecule has 116 valence electrons. The number of rotatable bonds is 3. The molecule has 21 heavy (non-hydrogen) atoms. The Balaban J connectivity index is 1.90. The number of Topliss-reactive ketones (excluding diaryl/α,β-unsaturated/α-hetero) is 1. The highest BCUT2D eigenvalue weighted by atomic mass is 19.3. The topological polar surface area (TPSA) is 46.9 Å². The summed E-state index contributed by atoms with van der Waals surface area (Å²) in [6.45, 7) is 3.33. The molecule has 1 aromatic heterocycles. The lowest BCUT2D eigenvalue weighted by Crippen LogP contribution is -2.26. The van der Waals surface area contributed by atoms with Gasteiger partial charge in [0.05, 0.1) is 5.69 Å². The molecule has 0 amide bonds. The summed E-state index contributed by atoms with van der Waals surface area (Å²) in [7, 11) is 0. The van der Waals surface area contributed by atoms with Crippen molar-refractivity contribution >= 4 is 5.78 Å². The van der Waals surface area contributed by atoms with E-state index >= 15 is 0 Å². The van der Waals surface area contributed by atoms with Crippen molar-refractivity contribution in [3.05, 3.63) is 17.0 Å². The van der Waals surface area contributed by atoms with Crippen LogP contribution in [0.4, 0.5) is 8.78 Å². The van der Waals surface area contributed by atoms with Gasteiger partial charge in [-0.2, -0.15) is 13.9 Å². The second-order valence-electron chi connectivity index (χ2n) is 6.23. The minimum absolute atomic E-state index is 0.107. The monoisotopic (exact) mass is 297 g/mol. The molecule has 0 aliphatic carbocycles. The van der Waals surface area contributed by atoms with Gasteiger partial charge < -0.3 is 10.1 Å². The zero-order valence-electron chi connectivity index (χ0n) is 12.3. The summed E-state index contributed by atoms with van der Waals surface area (Å²) in [5.41, 5.74) is 1.61. The smallest absolute Gasteiger partial charge is 0.289 e. The van der Waals surface area contributed by atoms with Crippen LogP contribution >= 0.6 is 0 Å². The Kier molecular flexibility index (Phi) is 3.82. The maximum atomic E-state index is 14.5. The largest absolute Gasteiger partial charge is 0.312 e. The Bertz CT molecular complexity index is 553. The molecule has 0 fully saturated rings. The molecule has 6 heteroatoms. The SMILES string of the molecule is CC(=O)CCC1CCC(F)(F)c2c3c(nn2C1)CCNC3. The number of nitrogens with one attached hydrogen (secondary N) is 1. The number of hydrogen-bond donors (Lipinski definition) is 1. The van der Waals surface area contributed by atoms with Gasteiger partial charge in [-0.05, 0) is 25.7 Å². The summed E-state index contributed by atoms with van der Waals surface area (Å²) in [6.07, 6.45) is 2.16. The van der Waals surface area contributed by atoms with Gasteiger partial charge in [0.1, 0.15) is 11.5 Å². The average Bonchev–Trinajstić information content (AvgIpc) is 2.74. The lowest BCUT2D eigenvalue weighted by atomic mass is 9.95. The molecule has 4 nitrogen and oxygen atoms in total. The first-order valence-corrected chi connectivity index (χ1v) is 7.64. The normalized spacial score (nSPS) is 24.0. The van der Waals surface area contributed by atoms with E-state index in [0.717, 1.165) is 12.2 Å². The zero-order chi connectivity index (χ0) is 15.0. The van der Waals surface area contributed by atoms with Crippen LogP contribution in [-0.2, 0) is 30.2 Å². The van der Waals surface area contributed by atoms with Crippen LogP contribution < -0.4 is 5.32 Å². The van der Waals surface area contributed by atoms with Crippen LogP contribution in [0.2, 0.25) is 0 Å². The maximum absolute atomic E-state index is 14.5. The van der Waals surface area contributed by atoms with Gasteiger partial charge in [0.15, 0.2) is 0 Å². The van der Waals surface area contributed by atoms with Gasteiger partial charge >= 0.3 is 0 Å². The van der Waals surface area contributed by atoms with Crippen LogP contribution in [0.3, 0.4) is 0 Å². The molecule has 0 bridgehead atoms. The van der Waals surface area contributed by atoms with Crippen LogP contribution in [-0.4, -0.2) is 22.1 Å². The first-order valence-electron chi connectivity index (χ1n) is 7.64. The third-order valence-electron chi connectivity index (χ3n) is 4.52. The van der Waals surface area contributed by atoms with Crippen molar-refractivity contribution in [1.29, 1.82) is 0 Å². The van der Waals surface area contributed by atoms with Crippen LogP contribution in [0, 0.1) is 5.92 Å². The molecule has 1 atom stereocenters. The van der Waals surface area contributed by atoms with E-state index in [4.69, 9.17) is 0 Å². The summed E-state index contributed by atoms with van der Waals surface area (Å²) >= 11 is 0. The Morgan fingerprint density at radius 3 is 3.10 bits per heavy atom. The van der Waals surface area contributed by atoms with E-state index in [1.165, 1.54) is 4.68 Å². The molecular formula is C15H21F2N3O. The number of halogens is 2. The Morgan fingerprint density at radius 1 is 1.52 bits per heavy atom. The molecule has 2 aliphatic rings. The first-order chi connectivity index (χ1) is 9.97. The van der Waals surface area contributed by atoms with Gasteiger partial charge in [-0.1, -0.05) is 0 Å². The highest BCUT2D eigenvalue weighted by Crippen LogP contribution is 2.41. The molecular weight excluding hydrogens is 276 g/mol. The van der Waals surface area contributed by atoms with E-state index in [1.54, 1.807) is 6.92 Å². The predicted molar refractivity (Wildman–Crippen MR) is 74.2 cm³/mol. The molecule has 3 heterocycles. The number of nitrogens with zero attached hydrogens (tertiary/aromatic N) is 2. The fourth-order valence-electron chi connectivity index (χ4n) is 3.38. The molecule has 1 N–H and O–H groups in total. The first kappa shape index (κ1) is 14.6. The van der Waals surface area contributed by atoms with Gasteiger partial charge in [-0.3, -0.25) is 4.68 Å². The quantitative estimate of drug-likeness (QED) is 0.932. The van der Waals surface area contributed by atoms with Crippen molar-refractivity contribution in [3.63, 3.8) is 0 Å². The van der Waals surface area contributed by atoms with Crippen molar-refractivity contribution in [2.75, 3.05) is 6.54 Å². The van der Waals surface area contributed by atoms with E-state index in [9.17, 15) is 13.6 Å². The van der Waals surface area contributed by atoms with E-state index < -0.39 is 5.92 Å². The molecule has 0 radical (unpaired) electrons. The number of aromatic nitrogens is 2. The number of fused-ring (bicyclic) bond motifs is 3. The van der Waals surface area contributed by atoms with Crippen LogP contribution in [0.1, 0.15) is 49.6 Å². The van der Waals surface area contributed by atoms with Gasteiger partial charge in [0.2, 0.25) is 0 Å². The molecule has 2 aliphatic heterocycles. The van der Waals surface area contributed by atoms with Gasteiger partial charge in [-0.15, -0.1) is 0 Å². The summed E-state index contributed by atoms with van der Waals surface area (Å²) in [5.74, 6) is -2.59. The summed E-state index contributed by atoms with van der Waals surface area (Å²) in [5, 5.41) is 7.59. The summed E-state index contributed by atoms with van der Waals surface area (Å²) in [4.78, 5) is 11.1. The van der Waals surface area contributed by atoms with E-state index in [1.807, 2.05) is 0 Å². The molecule has 1 unspecified atom stereocenters. The van der Waals surface area contributed by atoms with Crippen molar-refractivity contribution < 1.29 is 13.6 Å².